The number of carbonyl (C=O) groups is 2. The Morgan fingerprint density at radius 2 is 1.79 bits per heavy atom. The fourth-order valence-corrected chi connectivity index (χ4v) is 2.93. The number of pyridine rings is 1. The summed E-state index contributed by atoms with van der Waals surface area (Å²) in [6.07, 6.45) is 1.14. The first-order chi connectivity index (χ1) is 15.9. The van der Waals surface area contributed by atoms with Crippen LogP contribution in [0.1, 0.15) is 10.4 Å². The molecule has 3 aromatic rings. The molecule has 0 aliphatic heterocycles. The van der Waals surface area contributed by atoms with Crippen molar-refractivity contribution in [2.75, 3.05) is 44.7 Å². The van der Waals surface area contributed by atoms with Crippen LogP contribution in [0.4, 0.5) is 16.2 Å². The highest BCUT2D eigenvalue weighted by atomic mass is 16.5. The zero-order chi connectivity index (χ0) is 23.8. The number of methoxy groups -OCH3 is 1. The van der Waals surface area contributed by atoms with Crippen molar-refractivity contribution < 1.29 is 19.1 Å². The molecule has 0 aliphatic rings. The van der Waals surface area contributed by atoms with E-state index in [1.807, 2.05) is 37.2 Å². The Hall–Kier alpha value is -3.95. The SMILES string of the molecule is COc1ccc(-c2cccc(N(N)C(=O)c3ccc(NC(=O)OCCN(C)C)cc3)c2)cn1. The summed E-state index contributed by atoms with van der Waals surface area (Å²) in [5.74, 6) is 6.25. The van der Waals surface area contributed by atoms with E-state index in [-0.39, 0.29) is 12.5 Å². The van der Waals surface area contributed by atoms with Gasteiger partial charge in [-0.2, -0.15) is 0 Å². The van der Waals surface area contributed by atoms with Crippen LogP contribution >= 0.6 is 0 Å². The summed E-state index contributed by atoms with van der Waals surface area (Å²) in [6.45, 7) is 0.909. The van der Waals surface area contributed by atoms with E-state index < -0.39 is 6.09 Å². The lowest BCUT2D eigenvalue weighted by Gasteiger charge is -2.18. The molecule has 9 heteroatoms. The highest BCUT2D eigenvalue weighted by Gasteiger charge is 2.15. The first-order valence-corrected chi connectivity index (χ1v) is 10.3. The number of anilines is 2. The van der Waals surface area contributed by atoms with Crippen molar-refractivity contribution in [2.24, 2.45) is 5.84 Å². The minimum atomic E-state index is -0.554. The van der Waals surface area contributed by atoms with Gasteiger partial charge in [-0.1, -0.05) is 12.1 Å². The number of ether oxygens (including phenoxy) is 2. The third-order valence-corrected chi connectivity index (χ3v) is 4.77. The van der Waals surface area contributed by atoms with Crippen LogP contribution in [0.5, 0.6) is 5.88 Å². The number of aromatic nitrogens is 1. The summed E-state index contributed by atoms with van der Waals surface area (Å²) in [6, 6.07) is 17.3. The summed E-state index contributed by atoms with van der Waals surface area (Å²) in [5.41, 5.74) is 3.14. The van der Waals surface area contributed by atoms with Gasteiger partial charge in [-0.25, -0.2) is 20.6 Å². The van der Waals surface area contributed by atoms with Crippen molar-refractivity contribution >= 4 is 23.4 Å². The van der Waals surface area contributed by atoms with E-state index in [9.17, 15) is 9.59 Å². The molecule has 3 N–H and O–H groups in total. The normalized spacial score (nSPS) is 10.6. The van der Waals surface area contributed by atoms with Crippen molar-refractivity contribution in [3.63, 3.8) is 0 Å². The molecule has 1 heterocycles. The van der Waals surface area contributed by atoms with Gasteiger partial charge in [0.2, 0.25) is 5.88 Å². The Labute approximate surface area is 192 Å². The number of likely N-dealkylation sites (N-methyl/N-ethyl adjacent to an activating group) is 1. The second-order valence-electron chi connectivity index (χ2n) is 7.46. The lowest BCUT2D eigenvalue weighted by Crippen LogP contribution is -2.37. The summed E-state index contributed by atoms with van der Waals surface area (Å²) in [4.78, 5) is 30.8. The minimum absolute atomic E-state index is 0.281. The summed E-state index contributed by atoms with van der Waals surface area (Å²) in [7, 11) is 5.34. The number of benzene rings is 2. The van der Waals surface area contributed by atoms with Gasteiger partial charge in [-0.3, -0.25) is 10.1 Å². The van der Waals surface area contributed by atoms with Crippen LogP contribution in [-0.4, -0.2) is 56.2 Å². The van der Waals surface area contributed by atoms with E-state index in [0.29, 0.717) is 29.4 Å². The molecule has 0 aliphatic carbocycles. The number of hydrogen-bond donors (Lipinski definition) is 2. The number of amides is 2. The molecular formula is C24H27N5O4. The Morgan fingerprint density at radius 1 is 1.03 bits per heavy atom. The van der Waals surface area contributed by atoms with Crippen LogP contribution in [0.2, 0.25) is 0 Å². The lowest BCUT2D eigenvalue weighted by molar-refractivity contribution is 0.0987. The Morgan fingerprint density at radius 3 is 2.42 bits per heavy atom. The molecule has 0 saturated heterocycles. The molecule has 172 valence electrons. The van der Waals surface area contributed by atoms with Crippen molar-refractivity contribution in [2.45, 2.75) is 0 Å². The van der Waals surface area contributed by atoms with Crippen LogP contribution in [0.15, 0.2) is 66.9 Å². The van der Waals surface area contributed by atoms with E-state index >= 15 is 0 Å². The Balaban J connectivity index is 1.65. The van der Waals surface area contributed by atoms with Gasteiger partial charge in [0.1, 0.15) is 6.61 Å². The van der Waals surface area contributed by atoms with Gasteiger partial charge in [-0.15, -0.1) is 0 Å². The zero-order valence-corrected chi connectivity index (χ0v) is 18.8. The first-order valence-electron chi connectivity index (χ1n) is 10.3. The van der Waals surface area contributed by atoms with E-state index in [0.717, 1.165) is 16.1 Å². The number of hydrogen-bond acceptors (Lipinski definition) is 7. The number of nitrogens with one attached hydrogen (secondary N) is 1. The number of rotatable bonds is 8. The smallest absolute Gasteiger partial charge is 0.411 e. The Bertz CT molecular complexity index is 1080. The summed E-state index contributed by atoms with van der Waals surface area (Å²) < 4.78 is 10.2. The van der Waals surface area contributed by atoms with Crippen molar-refractivity contribution in [1.29, 1.82) is 0 Å². The molecular weight excluding hydrogens is 422 g/mol. The van der Waals surface area contributed by atoms with E-state index in [1.165, 1.54) is 0 Å². The van der Waals surface area contributed by atoms with Gasteiger partial charge in [-0.05, 0) is 62.1 Å². The lowest BCUT2D eigenvalue weighted by atomic mass is 10.1. The third-order valence-electron chi connectivity index (χ3n) is 4.77. The van der Waals surface area contributed by atoms with Gasteiger partial charge in [0.05, 0.1) is 12.8 Å². The molecule has 0 radical (unpaired) electrons. The van der Waals surface area contributed by atoms with Gasteiger partial charge in [0.25, 0.3) is 5.91 Å². The summed E-state index contributed by atoms with van der Waals surface area (Å²) in [5, 5.41) is 3.71. The van der Waals surface area contributed by atoms with Crippen LogP contribution in [0, 0.1) is 0 Å². The Kier molecular flexibility index (Phi) is 7.96. The first kappa shape index (κ1) is 23.7. The highest BCUT2D eigenvalue weighted by molar-refractivity contribution is 6.05. The molecule has 0 unspecified atom stereocenters. The maximum Gasteiger partial charge on any atom is 0.411 e. The number of nitrogens with two attached hydrogens (primary N) is 1. The number of carbonyl (C=O) groups excluding carboxylic acids is 2. The van der Waals surface area contributed by atoms with Crippen LogP contribution < -0.4 is 20.9 Å². The average Bonchev–Trinajstić information content (AvgIpc) is 2.83. The minimum Gasteiger partial charge on any atom is -0.481 e. The second-order valence-corrected chi connectivity index (χ2v) is 7.46. The maximum absolute atomic E-state index is 12.9. The molecule has 2 amide bonds. The largest absolute Gasteiger partial charge is 0.481 e. The van der Waals surface area contributed by atoms with Gasteiger partial charge in [0, 0.05) is 35.6 Å². The number of nitrogens with zero attached hydrogens (tertiary/aromatic N) is 3. The molecule has 9 nitrogen and oxygen atoms in total. The van der Waals surface area contributed by atoms with E-state index in [4.69, 9.17) is 15.3 Å². The third kappa shape index (κ3) is 6.52. The monoisotopic (exact) mass is 449 g/mol. The van der Waals surface area contributed by atoms with Crippen molar-refractivity contribution in [1.82, 2.24) is 9.88 Å². The zero-order valence-electron chi connectivity index (χ0n) is 18.8. The van der Waals surface area contributed by atoms with Gasteiger partial charge >= 0.3 is 6.09 Å². The fraction of sp³-hybridized carbons (Fsp3) is 0.208. The van der Waals surface area contributed by atoms with Gasteiger partial charge in [0.15, 0.2) is 0 Å². The predicted molar refractivity (Wildman–Crippen MR) is 127 cm³/mol. The molecule has 3 rings (SSSR count). The fourth-order valence-electron chi connectivity index (χ4n) is 2.93. The van der Waals surface area contributed by atoms with Crippen molar-refractivity contribution in [3.8, 4) is 17.0 Å². The van der Waals surface area contributed by atoms with Crippen LogP contribution in [0.25, 0.3) is 11.1 Å². The molecule has 0 spiro atoms. The standard InChI is InChI=1S/C24H27N5O4/c1-28(2)13-14-33-24(31)27-20-10-7-17(8-11-20)23(30)29(25)21-6-4-5-18(15-21)19-9-12-22(32-3)26-16-19/h4-12,15-16H,13-14,25H2,1-3H3,(H,27,31). The summed E-state index contributed by atoms with van der Waals surface area (Å²) >= 11 is 0. The average molecular weight is 450 g/mol. The van der Waals surface area contributed by atoms with Gasteiger partial charge < -0.3 is 14.4 Å². The molecule has 33 heavy (non-hydrogen) atoms. The molecule has 0 fully saturated rings. The molecule has 1 aromatic heterocycles. The van der Waals surface area contributed by atoms with E-state index in [2.05, 4.69) is 10.3 Å². The second kappa shape index (κ2) is 11.1. The van der Waals surface area contributed by atoms with Crippen molar-refractivity contribution in [3.05, 3.63) is 72.4 Å². The van der Waals surface area contributed by atoms with Crippen LogP contribution in [0.3, 0.4) is 0 Å². The molecule has 0 atom stereocenters. The number of hydrazine groups is 1. The highest BCUT2D eigenvalue weighted by Crippen LogP contribution is 2.25. The van der Waals surface area contributed by atoms with E-state index in [1.54, 1.807) is 55.8 Å². The molecule has 2 aromatic carbocycles. The topological polar surface area (TPSA) is 110 Å². The molecule has 0 saturated carbocycles. The quantitative estimate of drug-likeness (QED) is 0.308. The predicted octanol–water partition coefficient (Wildman–Crippen LogP) is 3.39. The maximum atomic E-state index is 12.9. The molecule has 0 bridgehead atoms. The van der Waals surface area contributed by atoms with Crippen LogP contribution in [-0.2, 0) is 4.74 Å².